The second-order valence-electron chi connectivity index (χ2n) is 2.49. The third-order valence-electron chi connectivity index (χ3n) is 1.55. The molecule has 1 aliphatic rings. The Labute approximate surface area is 71.0 Å². The van der Waals surface area contributed by atoms with Gasteiger partial charge in [-0.25, -0.2) is 0 Å². The summed E-state index contributed by atoms with van der Waals surface area (Å²) in [6.45, 7) is 0. The zero-order chi connectivity index (χ0) is 10.1. The van der Waals surface area contributed by atoms with Crippen LogP contribution >= 0.6 is 0 Å². The highest BCUT2D eigenvalue weighted by atomic mass is 19.4. The molecule has 0 unspecified atom stereocenters. The smallest absolute Gasteiger partial charge is 0.190 e. The molecule has 0 amide bonds. The Morgan fingerprint density at radius 1 is 1.15 bits per heavy atom. The lowest BCUT2D eigenvalue weighted by Crippen LogP contribution is -2.38. The average Bonchev–Trinajstić information content (AvgIpc) is 2.04. The zero-order valence-corrected chi connectivity index (χ0v) is 6.33. The SMILES string of the molecule is FC(F)(F)C(F)(F)C1=C=CC=CC1. The molecule has 0 fully saturated rings. The van der Waals surface area contributed by atoms with Crippen molar-refractivity contribution in [1.29, 1.82) is 0 Å². The lowest BCUT2D eigenvalue weighted by molar-refractivity contribution is -0.264. The number of hydrogen-bond acceptors (Lipinski definition) is 0. The summed E-state index contributed by atoms with van der Waals surface area (Å²) in [4.78, 5) is 0. The van der Waals surface area contributed by atoms with Gasteiger partial charge in [-0.2, -0.15) is 22.0 Å². The van der Waals surface area contributed by atoms with E-state index in [1.54, 1.807) is 0 Å². The van der Waals surface area contributed by atoms with Crippen LogP contribution in [-0.2, 0) is 0 Å². The van der Waals surface area contributed by atoms with Crippen LogP contribution in [0.25, 0.3) is 0 Å². The minimum absolute atomic E-state index is 0.414. The molecule has 0 aromatic heterocycles. The molecule has 0 N–H and O–H groups in total. The molecule has 0 bridgehead atoms. The fourth-order valence-electron chi connectivity index (χ4n) is 0.851. The standard InChI is InChI=1S/C8H5F5/c9-7(10,8(11,12)13)6-4-2-1-3-5-6/h1-3H,4H2. The molecule has 0 spiro atoms. The van der Waals surface area contributed by atoms with Gasteiger partial charge in [0.25, 0.3) is 0 Å². The highest BCUT2D eigenvalue weighted by molar-refractivity contribution is 5.25. The van der Waals surface area contributed by atoms with Gasteiger partial charge in [-0.05, 0) is 6.08 Å². The van der Waals surface area contributed by atoms with Gasteiger partial charge >= 0.3 is 12.1 Å². The van der Waals surface area contributed by atoms with Crippen molar-refractivity contribution in [2.75, 3.05) is 0 Å². The Morgan fingerprint density at radius 3 is 2.15 bits per heavy atom. The van der Waals surface area contributed by atoms with Crippen LogP contribution in [0.15, 0.2) is 29.5 Å². The molecule has 1 rings (SSSR count). The van der Waals surface area contributed by atoms with Gasteiger partial charge in [0.1, 0.15) is 0 Å². The zero-order valence-electron chi connectivity index (χ0n) is 6.33. The van der Waals surface area contributed by atoms with Crippen molar-refractivity contribution < 1.29 is 22.0 Å². The fraction of sp³-hybridized carbons (Fsp3) is 0.375. The molecule has 0 saturated carbocycles. The van der Waals surface area contributed by atoms with Gasteiger partial charge in [0.05, 0.1) is 5.57 Å². The molecule has 13 heavy (non-hydrogen) atoms. The second-order valence-corrected chi connectivity index (χ2v) is 2.49. The van der Waals surface area contributed by atoms with E-state index in [4.69, 9.17) is 0 Å². The molecule has 72 valence electrons. The van der Waals surface area contributed by atoms with E-state index in [9.17, 15) is 22.0 Å². The largest absolute Gasteiger partial charge is 0.458 e. The van der Waals surface area contributed by atoms with Gasteiger partial charge in [0, 0.05) is 6.42 Å². The van der Waals surface area contributed by atoms with E-state index in [2.05, 4.69) is 0 Å². The number of allylic oxidation sites excluding steroid dienone is 3. The van der Waals surface area contributed by atoms with Crippen LogP contribution in [0.2, 0.25) is 0 Å². The number of hydrogen-bond donors (Lipinski definition) is 0. The molecule has 0 atom stereocenters. The van der Waals surface area contributed by atoms with E-state index < -0.39 is 24.1 Å². The van der Waals surface area contributed by atoms with Crippen LogP contribution in [0.1, 0.15) is 6.42 Å². The minimum Gasteiger partial charge on any atom is -0.190 e. The monoisotopic (exact) mass is 196 g/mol. The van der Waals surface area contributed by atoms with Crippen molar-refractivity contribution in [3.05, 3.63) is 29.5 Å². The lowest BCUT2D eigenvalue weighted by atomic mass is 10.0. The van der Waals surface area contributed by atoms with E-state index >= 15 is 0 Å². The number of alkyl halides is 5. The van der Waals surface area contributed by atoms with Crippen LogP contribution in [-0.4, -0.2) is 12.1 Å². The summed E-state index contributed by atoms with van der Waals surface area (Å²) in [5, 5.41) is 0. The molecule has 5 heteroatoms. The molecule has 0 aliphatic heterocycles. The Bertz CT molecular complexity index is 288. The van der Waals surface area contributed by atoms with Crippen LogP contribution in [0, 0.1) is 0 Å². The van der Waals surface area contributed by atoms with Gasteiger partial charge in [0.15, 0.2) is 0 Å². The van der Waals surface area contributed by atoms with E-state index in [1.807, 2.05) is 5.73 Å². The van der Waals surface area contributed by atoms with E-state index in [1.165, 1.54) is 12.2 Å². The van der Waals surface area contributed by atoms with Crippen LogP contribution in [0.4, 0.5) is 22.0 Å². The molecule has 1 aliphatic carbocycles. The second kappa shape index (κ2) is 3.00. The normalized spacial score (nSPS) is 17.5. The predicted octanol–water partition coefficient (Wildman–Crippen LogP) is 3.23. The number of rotatable bonds is 1. The Balaban J connectivity index is 3.01. The van der Waals surface area contributed by atoms with Crippen molar-refractivity contribution in [2.24, 2.45) is 0 Å². The third kappa shape index (κ3) is 1.80. The molecular formula is C8H5F5. The van der Waals surface area contributed by atoms with Crippen LogP contribution in [0.5, 0.6) is 0 Å². The van der Waals surface area contributed by atoms with Gasteiger partial charge in [-0.15, -0.1) is 5.73 Å². The van der Waals surface area contributed by atoms with Gasteiger partial charge < -0.3 is 0 Å². The lowest BCUT2D eigenvalue weighted by Gasteiger charge is -2.20. The fourth-order valence-corrected chi connectivity index (χ4v) is 0.851. The van der Waals surface area contributed by atoms with Crippen LogP contribution < -0.4 is 0 Å². The minimum atomic E-state index is -5.53. The van der Waals surface area contributed by atoms with Gasteiger partial charge in [0.2, 0.25) is 0 Å². The van der Waals surface area contributed by atoms with Crippen molar-refractivity contribution >= 4 is 0 Å². The first kappa shape index (κ1) is 9.99. The first-order valence-corrected chi connectivity index (χ1v) is 3.41. The van der Waals surface area contributed by atoms with E-state index in [-0.39, 0.29) is 0 Å². The molecule has 0 aromatic carbocycles. The Hall–Kier alpha value is -1.09. The highest BCUT2D eigenvalue weighted by Crippen LogP contribution is 2.42. The Kier molecular flexibility index (Phi) is 2.30. The maximum atomic E-state index is 12.5. The van der Waals surface area contributed by atoms with E-state index in [0.717, 1.165) is 6.08 Å². The first-order chi connectivity index (χ1) is 5.86. The maximum absolute atomic E-state index is 12.5. The third-order valence-corrected chi connectivity index (χ3v) is 1.55. The summed E-state index contributed by atoms with van der Waals surface area (Å²) in [5.74, 6) is -4.77. The molecule has 0 heterocycles. The summed E-state index contributed by atoms with van der Waals surface area (Å²) in [6.07, 6.45) is -2.31. The van der Waals surface area contributed by atoms with E-state index in [0.29, 0.717) is 0 Å². The van der Waals surface area contributed by atoms with Gasteiger partial charge in [-0.1, -0.05) is 12.2 Å². The molecule has 0 radical (unpaired) electrons. The molecule has 0 nitrogen and oxygen atoms in total. The maximum Gasteiger partial charge on any atom is 0.458 e. The summed E-state index contributed by atoms with van der Waals surface area (Å²) < 4.78 is 60.4. The van der Waals surface area contributed by atoms with Crippen molar-refractivity contribution in [1.82, 2.24) is 0 Å². The predicted molar refractivity (Wildman–Crippen MR) is 36.4 cm³/mol. The summed E-state index contributed by atoms with van der Waals surface area (Å²) in [5.41, 5.74) is 0.861. The van der Waals surface area contributed by atoms with Crippen molar-refractivity contribution in [3.8, 4) is 0 Å². The first-order valence-electron chi connectivity index (χ1n) is 3.41. The molecule has 0 saturated heterocycles. The van der Waals surface area contributed by atoms with Gasteiger partial charge in [-0.3, -0.25) is 0 Å². The molecular weight excluding hydrogens is 191 g/mol. The van der Waals surface area contributed by atoms with Crippen LogP contribution in [0.3, 0.4) is 0 Å². The van der Waals surface area contributed by atoms with Crippen molar-refractivity contribution in [2.45, 2.75) is 18.5 Å². The summed E-state index contributed by atoms with van der Waals surface area (Å²) in [7, 11) is 0. The quantitative estimate of drug-likeness (QED) is 0.446. The highest BCUT2D eigenvalue weighted by Gasteiger charge is 2.59. The molecule has 0 aromatic rings. The summed E-state index contributed by atoms with van der Waals surface area (Å²) in [6, 6.07) is 0. The average molecular weight is 196 g/mol. The Morgan fingerprint density at radius 2 is 1.77 bits per heavy atom. The summed E-state index contributed by atoms with van der Waals surface area (Å²) >= 11 is 0. The topological polar surface area (TPSA) is 0 Å². The van der Waals surface area contributed by atoms with Crippen molar-refractivity contribution in [3.63, 3.8) is 0 Å². The number of halogens is 5.